The highest BCUT2D eigenvalue weighted by Gasteiger charge is 2.26. The van der Waals surface area contributed by atoms with E-state index in [0.717, 1.165) is 22.9 Å². The van der Waals surface area contributed by atoms with Crippen molar-refractivity contribution in [1.82, 2.24) is 14.5 Å². The van der Waals surface area contributed by atoms with Crippen molar-refractivity contribution in [2.45, 2.75) is 26.8 Å². The molecule has 0 radical (unpaired) electrons. The number of pyridine rings is 1. The van der Waals surface area contributed by atoms with Crippen LogP contribution in [0.25, 0.3) is 22.2 Å². The number of aromatic amines is 1. The molecular formula is C26H29N3O5S. The molecule has 0 aliphatic rings. The molecule has 0 amide bonds. The Hall–Kier alpha value is -3.59. The highest BCUT2D eigenvalue weighted by molar-refractivity contribution is 7.90. The predicted molar refractivity (Wildman–Crippen MR) is 137 cm³/mol. The number of nitrogens with one attached hydrogen (secondary N) is 1. The smallest absolute Gasteiger partial charge is 0.327 e. The zero-order valence-corrected chi connectivity index (χ0v) is 21.3. The third-order valence-electron chi connectivity index (χ3n) is 6.09. The van der Waals surface area contributed by atoms with Crippen molar-refractivity contribution in [2.24, 2.45) is 0 Å². The minimum Gasteiger partial charge on any atom is -0.491 e. The lowest BCUT2D eigenvalue weighted by molar-refractivity contribution is 0.296. The summed E-state index contributed by atoms with van der Waals surface area (Å²) in [6, 6.07) is 14.3. The monoisotopic (exact) mass is 495 g/mol. The first-order valence-electron chi connectivity index (χ1n) is 11.3. The summed E-state index contributed by atoms with van der Waals surface area (Å²) in [7, 11) is -1.97. The van der Waals surface area contributed by atoms with Crippen LogP contribution in [0.15, 0.2) is 53.3 Å². The molecule has 0 bridgehead atoms. The second kappa shape index (κ2) is 9.58. The van der Waals surface area contributed by atoms with Crippen LogP contribution < -0.4 is 15.2 Å². The molecule has 9 heteroatoms. The quantitative estimate of drug-likeness (QED) is 0.396. The van der Waals surface area contributed by atoms with Gasteiger partial charge in [0, 0.05) is 6.26 Å². The summed E-state index contributed by atoms with van der Waals surface area (Å²) in [6.45, 7) is 6.30. The van der Waals surface area contributed by atoms with Gasteiger partial charge in [0.2, 0.25) is 0 Å². The van der Waals surface area contributed by atoms with Crippen LogP contribution in [0.1, 0.15) is 29.8 Å². The van der Waals surface area contributed by atoms with E-state index in [1.165, 1.54) is 17.2 Å². The number of rotatable bonds is 8. The Labute approximate surface area is 204 Å². The lowest BCUT2D eigenvalue weighted by Crippen LogP contribution is -2.29. The number of methoxy groups -OCH3 is 1. The molecule has 0 aliphatic heterocycles. The fourth-order valence-corrected chi connectivity index (χ4v) is 5.17. The van der Waals surface area contributed by atoms with E-state index in [4.69, 9.17) is 9.47 Å². The Bertz CT molecular complexity index is 1550. The van der Waals surface area contributed by atoms with Gasteiger partial charge in [-0.05, 0) is 67.3 Å². The van der Waals surface area contributed by atoms with Crippen molar-refractivity contribution in [1.29, 1.82) is 0 Å². The first kappa shape index (κ1) is 24.5. The summed E-state index contributed by atoms with van der Waals surface area (Å²) in [6.07, 6.45) is 1.14. The number of aryl methyl sites for hydroxylation is 1. The van der Waals surface area contributed by atoms with Crippen molar-refractivity contribution < 1.29 is 17.9 Å². The molecule has 0 saturated heterocycles. The van der Waals surface area contributed by atoms with Crippen LogP contribution in [0, 0.1) is 13.8 Å². The number of nitrogens with zero attached hydrogens (tertiary/aromatic N) is 2. The van der Waals surface area contributed by atoms with E-state index in [9.17, 15) is 13.2 Å². The predicted octanol–water partition coefficient (Wildman–Crippen LogP) is 4.05. The Morgan fingerprint density at radius 2 is 1.89 bits per heavy atom. The van der Waals surface area contributed by atoms with Gasteiger partial charge in [-0.2, -0.15) is 0 Å². The van der Waals surface area contributed by atoms with Crippen LogP contribution in [-0.4, -0.2) is 48.7 Å². The first-order valence-corrected chi connectivity index (χ1v) is 13.3. The number of ether oxygens (including phenoxy) is 2. The normalized spacial score (nSPS) is 12.6. The van der Waals surface area contributed by atoms with Gasteiger partial charge >= 0.3 is 5.69 Å². The summed E-state index contributed by atoms with van der Waals surface area (Å²) >= 11 is 0. The maximum atomic E-state index is 13.2. The maximum Gasteiger partial charge on any atom is 0.327 e. The molecule has 0 aliphatic carbocycles. The Morgan fingerprint density at radius 3 is 2.57 bits per heavy atom. The highest BCUT2D eigenvalue weighted by Crippen LogP contribution is 2.31. The average Bonchev–Trinajstić information content (AvgIpc) is 3.13. The fourth-order valence-electron chi connectivity index (χ4n) is 4.27. The fraction of sp³-hybridized carbons (Fsp3) is 0.308. The zero-order chi connectivity index (χ0) is 25.3. The van der Waals surface area contributed by atoms with Crippen molar-refractivity contribution in [3.05, 3.63) is 75.8 Å². The number of benzene rings is 2. The number of imidazole rings is 1. The molecule has 1 atom stereocenters. The van der Waals surface area contributed by atoms with E-state index >= 15 is 0 Å². The van der Waals surface area contributed by atoms with Crippen molar-refractivity contribution in [3.8, 4) is 22.8 Å². The van der Waals surface area contributed by atoms with Gasteiger partial charge in [0.05, 0.1) is 42.2 Å². The van der Waals surface area contributed by atoms with Crippen LogP contribution in [0.5, 0.6) is 11.6 Å². The number of aromatic nitrogens is 3. The van der Waals surface area contributed by atoms with Gasteiger partial charge in [0.25, 0.3) is 5.88 Å². The molecule has 2 aromatic heterocycles. The molecule has 2 aromatic carbocycles. The summed E-state index contributed by atoms with van der Waals surface area (Å²) in [5.74, 6) is 0.373. The number of hydrogen-bond acceptors (Lipinski definition) is 6. The van der Waals surface area contributed by atoms with Crippen LogP contribution >= 0.6 is 0 Å². The number of hydrogen-bond donors (Lipinski definition) is 1. The second-order valence-corrected chi connectivity index (χ2v) is 10.7. The third kappa shape index (κ3) is 4.95. The second-order valence-electron chi connectivity index (χ2n) is 8.56. The molecule has 0 unspecified atom stereocenters. The van der Waals surface area contributed by atoms with Crippen LogP contribution in [0.3, 0.4) is 0 Å². The molecule has 35 heavy (non-hydrogen) atoms. The number of fused-ring (bicyclic) bond motifs is 1. The lowest BCUT2D eigenvalue weighted by Gasteiger charge is -2.19. The molecule has 184 valence electrons. The average molecular weight is 496 g/mol. The number of sulfone groups is 1. The lowest BCUT2D eigenvalue weighted by atomic mass is 9.97. The number of H-pyrrole nitrogens is 1. The van der Waals surface area contributed by atoms with Crippen molar-refractivity contribution in [3.63, 3.8) is 0 Å². The van der Waals surface area contributed by atoms with E-state index in [-0.39, 0.29) is 11.6 Å². The van der Waals surface area contributed by atoms with Gasteiger partial charge in [-0.3, -0.25) is 4.57 Å². The highest BCUT2D eigenvalue weighted by atomic mass is 32.2. The van der Waals surface area contributed by atoms with Crippen molar-refractivity contribution in [2.75, 3.05) is 25.7 Å². The van der Waals surface area contributed by atoms with Gasteiger partial charge in [0.15, 0.2) is 5.75 Å². The largest absolute Gasteiger partial charge is 0.491 e. The summed E-state index contributed by atoms with van der Waals surface area (Å²) < 4.78 is 37.1. The van der Waals surface area contributed by atoms with E-state index in [1.807, 2.05) is 37.3 Å². The first-order chi connectivity index (χ1) is 16.6. The Balaban J connectivity index is 1.89. The SMILES string of the molecule is CCOc1nc([C@@H](CS(C)(=O)=O)n2c(=O)[nH]c3cc(-c4cccc(C)c4C)ccc32)ccc1OC. The molecule has 8 nitrogen and oxygen atoms in total. The van der Waals surface area contributed by atoms with Crippen LogP contribution in [-0.2, 0) is 9.84 Å². The summed E-state index contributed by atoms with van der Waals surface area (Å²) in [5, 5.41) is 0. The van der Waals surface area contributed by atoms with E-state index in [0.29, 0.717) is 29.1 Å². The summed E-state index contributed by atoms with van der Waals surface area (Å²) in [5.41, 5.74) is 5.56. The van der Waals surface area contributed by atoms with Gasteiger partial charge in [-0.1, -0.05) is 24.3 Å². The van der Waals surface area contributed by atoms with E-state index < -0.39 is 21.6 Å². The topological polar surface area (TPSA) is 103 Å². The zero-order valence-electron chi connectivity index (χ0n) is 20.5. The Morgan fingerprint density at radius 1 is 1.11 bits per heavy atom. The standard InChI is InChI=1S/C26H29N3O5S/c1-6-34-25-24(33-4)13-11-20(27-25)23(15-35(5,31)32)29-22-12-10-18(14-21(22)28-26(29)30)19-9-7-8-16(2)17(19)3/h7-14,23H,6,15H2,1-5H3,(H,28,30)/t23-/m1/s1. The molecule has 0 fully saturated rings. The Kier molecular flexibility index (Phi) is 6.71. The van der Waals surface area contributed by atoms with E-state index in [2.05, 4.69) is 29.9 Å². The van der Waals surface area contributed by atoms with Gasteiger partial charge in [0.1, 0.15) is 9.84 Å². The molecule has 4 rings (SSSR count). The minimum atomic E-state index is -3.47. The van der Waals surface area contributed by atoms with Crippen molar-refractivity contribution >= 4 is 20.9 Å². The van der Waals surface area contributed by atoms with Gasteiger partial charge < -0.3 is 14.5 Å². The van der Waals surface area contributed by atoms with Gasteiger partial charge in [-0.25, -0.2) is 18.2 Å². The molecular weight excluding hydrogens is 466 g/mol. The minimum absolute atomic E-state index is 0.246. The van der Waals surface area contributed by atoms with Crippen LogP contribution in [0.4, 0.5) is 0 Å². The maximum absolute atomic E-state index is 13.2. The molecule has 0 saturated carbocycles. The molecule has 4 aromatic rings. The molecule has 1 N–H and O–H groups in total. The molecule has 2 heterocycles. The molecule has 0 spiro atoms. The summed E-state index contributed by atoms with van der Waals surface area (Å²) in [4.78, 5) is 20.6. The van der Waals surface area contributed by atoms with Gasteiger partial charge in [-0.15, -0.1) is 0 Å². The third-order valence-corrected chi connectivity index (χ3v) is 7.01. The van der Waals surface area contributed by atoms with Crippen LogP contribution in [0.2, 0.25) is 0 Å². The van der Waals surface area contributed by atoms with E-state index in [1.54, 1.807) is 12.1 Å².